The summed E-state index contributed by atoms with van der Waals surface area (Å²) in [5.41, 5.74) is 19.2. The number of nitrogens with two attached hydrogens (primary N) is 1. The van der Waals surface area contributed by atoms with Crippen LogP contribution in [0.4, 0.5) is 17.1 Å². The molecule has 0 saturated heterocycles. The highest BCUT2D eigenvalue weighted by atomic mass is 15.2. The molecule has 2 N–H and O–H groups in total. The van der Waals surface area contributed by atoms with Crippen molar-refractivity contribution in [3.63, 3.8) is 0 Å². The minimum atomic E-state index is 0.633. The van der Waals surface area contributed by atoms with Crippen molar-refractivity contribution in [1.29, 1.82) is 0 Å². The molecule has 0 saturated carbocycles. The molecule has 52 heavy (non-hydrogen) atoms. The van der Waals surface area contributed by atoms with E-state index in [1.807, 2.05) is 49.4 Å². The second-order valence-corrected chi connectivity index (χ2v) is 12.7. The average Bonchev–Trinajstić information content (AvgIpc) is 3.19. The first-order chi connectivity index (χ1) is 25.3. The molecule has 2 aliphatic rings. The molecule has 2 heterocycles. The topological polar surface area (TPSA) is 44.6 Å². The Hall–Kier alpha value is -6.52. The summed E-state index contributed by atoms with van der Waals surface area (Å²) < 4.78 is 2.14. The molecule has 4 heteroatoms. The number of para-hydroxylation sites is 1. The van der Waals surface area contributed by atoms with Crippen LogP contribution < -0.4 is 10.6 Å². The van der Waals surface area contributed by atoms with Gasteiger partial charge in [0.2, 0.25) is 5.69 Å². The normalized spacial score (nSPS) is 17.0. The monoisotopic (exact) mass is 677 g/mol. The summed E-state index contributed by atoms with van der Waals surface area (Å²) in [5.74, 6) is 0. The molecular formula is C48H45N4+. The molecule has 2 aliphatic heterocycles. The Kier molecular flexibility index (Phi) is 10.9. The predicted octanol–water partition coefficient (Wildman–Crippen LogP) is 11.9. The van der Waals surface area contributed by atoms with Gasteiger partial charge in [-0.2, -0.15) is 4.58 Å². The van der Waals surface area contributed by atoms with Gasteiger partial charge in [-0.1, -0.05) is 116 Å². The van der Waals surface area contributed by atoms with Crippen molar-refractivity contribution in [2.24, 2.45) is 10.7 Å². The van der Waals surface area contributed by atoms with Crippen molar-refractivity contribution < 1.29 is 4.58 Å². The highest BCUT2D eigenvalue weighted by Crippen LogP contribution is 2.39. The molecule has 256 valence electrons. The van der Waals surface area contributed by atoms with Gasteiger partial charge >= 0.3 is 0 Å². The largest absolute Gasteiger partial charge is 0.398 e. The van der Waals surface area contributed by atoms with E-state index in [0.29, 0.717) is 5.70 Å². The van der Waals surface area contributed by atoms with Crippen LogP contribution in [0.25, 0.3) is 10.8 Å². The Morgan fingerprint density at radius 2 is 1.56 bits per heavy atom. The van der Waals surface area contributed by atoms with E-state index < -0.39 is 0 Å². The number of benzene rings is 4. The van der Waals surface area contributed by atoms with E-state index in [4.69, 9.17) is 10.7 Å². The lowest BCUT2D eigenvalue weighted by Gasteiger charge is -2.31. The Bertz CT molecular complexity index is 2350. The van der Waals surface area contributed by atoms with Crippen LogP contribution in [0.15, 0.2) is 221 Å². The fourth-order valence-electron chi connectivity index (χ4n) is 6.58. The van der Waals surface area contributed by atoms with Gasteiger partial charge in [-0.25, -0.2) is 4.99 Å². The molecule has 0 amide bonds. The second kappa shape index (κ2) is 16.0. The number of anilines is 1. The molecule has 0 unspecified atom stereocenters. The lowest BCUT2D eigenvalue weighted by Crippen LogP contribution is -2.23. The molecule has 4 nitrogen and oxygen atoms in total. The molecule has 0 radical (unpaired) electrons. The summed E-state index contributed by atoms with van der Waals surface area (Å²) in [6.45, 7) is 16.9. The molecule has 0 aromatic heterocycles. The Labute approximate surface area is 308 Å². The Morgan fingerprint density at radius 1 is 0.846 bits per heavy atom. The molecule has 0 atom stereocenters. The smallest absolute Gasteiger partial charge is 0.237 e. The van der Waals surface area contributed by atoms with Crippen molar-refractivity contribution in [2.75, 3.05) is 4.90 Å². The van der Waals surface area contributed by atoms with Crippen LogP contribution in [-0.4, -0.2) is 16.5 Å². The lowest BCUT2D eigenvalue weighted by atomic mass is 9.89. The number of hydrogen-bond donors (Lipinski definition) is 1. The first-order valence-corrected chi connectivity index (χ1v) is 17.5. The van der Waals surface area contributed by atoms with Gasteiger partial charge in [0.1, 0.15) is 5.69 Å². The third-order valence-corrected chi connectivity index (χ3v) is 9.31. The zero-order valence-electron chi connectivity index (χ0n) is 30.4. The van der Waals surface area contributed by atoms with Crippen molar-refractivity contribution in [1.82, 2.24) is 0 Å². The first-order valence-electron chi connectivity index (χ1n) is 17.5. The predicted molar refractivity (Wildman–Crippen MR) is 223 cm³/mol. The third kappa shape index (κ3) is 7.33. The highest BCUT2D eigenvalue weighted by molar-refractivity contribution is 6.05. The maximum atomic E-state index is 7.21. The van der Waals surface area contributed by atoms with Crippen LogP contribution >= 0.6 is 0 Å². The van der Waals surface area contributed by atoms with Crippen LogP contribution in [-0.2, 0) is 0 Å². The quantitative estimate of drug-likeness (QED) is 0.120. The molecule has 0 fully saturated rings. The number of allylic oxidation sites excluding steroid dienone is 14. The molecule has 2 bridgehead atoms. The Balaban J connectivity index is 1.72. The van der Waals surface area contributed by atoms with Gasteiger partial charge in [-0.3, -0.25) is 0 Å². The van der Waals surface area contributed by atoms with Crippen LogP contribution in [0.5, 0.6) is 0 Å². The van der Waals surface area contributed by atoms with Crippen LogP contribution in [0.2, 0.25) is 0 Å². The summed E-state index contributed by atoms with van der Waals surface area (Å²) >= 11 is 0. The fraction of sp³-hybridized carbons (Fsp3) is 0.0833. The van der Waals surface area contributed by atoms with Gasteiger partial charge in [0.05, 0.1) is 5.70 Å². The molecule has 0 aliphatic carbocycles. The van der Waals surface area contributed by atoms with E-state index in [0.717, 1.165) is 78.4 Å². The second-order valence-electron chi connectivity index (χ2n) is 12.7. The summed E-state index contributed by atoms with van der Waals surface area (Å²) in [4.78, 5) is 7.59. The van der Waals surface area contributed by atoms with Crippen LogP contribution in [0.1, 0.15) is 33.3 Å². The van der Waals surface area contributed by atoms with Crippen LogP contribution in [0, 0.1) is 0 Å². The van der Waals surface area contributed by atoms with Gasteiger partial charge in [0, 0.05) is 63.1 Å². The number of aliphatic imine (C=N–C) groups is 1. The number of rotatable bonds is 7. The maximum Gasteiger partial charge on any atom is 0.237 e. The Morgan fingerprint density at radius 3 is 2.29 bits per heavy atom. The van der Waals surface area contributed by atoms with Crippen molar-refractivity contribution >= 4 is 39.8 Å². The van der Waals surface area contributed by atoms with Gasteiger partial charge < -0.3 is 10.6 Å². The SMILES string of the molecule is C=C/C=C\C1=C(C)N(c2ccccc2)C2=CC=[N+](c3ccc4ccccc4c3N=C(C)c3ccccc3)C=CC=C(C(=C)/C(C)=C/2)C(N)=C1/C=C\C. The standard InChI is InChI=1S/C48H45N4/c1-7-9-25-43-37(6)52(40-23-14-11-15-24-40)41-30-32-51(31-18-27-42(35(4)34(3)33-41)47(49)45(43)19-8-2)46-29-28-39-22-16-17-26-44(39)48(46)50-36(5)38-20-12-10-13-21-38/h7-33H,1,4,49H2,2-3,5-6H3/q+1/b19-8-,25-9-,31-18?,34-33+,42-27?,43-37?,47-45?,50-36?. The minimum absolute atomic E-state index is 0.633. The van der Waals surface area contributed by atoms with Crippen molar-refractivity contribution in [3.8, 4) is 0 Å². The molecule has 4 aromatic rings. The van der Waals surface area contributed by atoms with Crippen LogP contribution in [0.3, 0.4) is 0 Å². The molecule has 6 rings (SSSR count). The van der Waals surface area contributed by atoms with Gasteiger partial charge in [-0.15, -0.1) is 0 Å². The van der Waals surface area contributed by atoms with E-state index in [2.05, 4.69) is 159 Å². The average molecular weight is 678 g/mol. The van der Waals surface area contributed by atoms with Crippen molar-refractivity contribution in [2.45, 2.75) is 27.7 Å². The van der Waals surface area contributed by atoms with Gasteiger partial charge in [0.25, 0.3) is 0 Å². The first kappa shape index (κ1) is 35.3. The van der Waals surface area contributed by atoms with E-state index in [9.17, 15) is 0 Å². The minimum Gasteiger partial charge on any atom is -0.398 e. The number of nitrogens with zero attached hydrogens (tertiary/aromatic N) is 3. The van der Waals surface area contributed by atoms with E-state index in [1.54, 1.807) is 6.08 Å². The lowest BCUT2D eigenvalue weighted by molar-refractivity contribution is -0.352. The maximum absolute atomic E-state index is 7.21. The van der Waals surface area contributed by atoms with Crippen molar-refractivity contribution in [3.05, 3.63) is 222 Å². The molecule has 0 spiro atoms. The zero-order chi connectivity index (χ0) is 36.6. The summed E-state index contributed by atoms with van der Waals surface area (Å²) in [5, 5.41) is 2.19. The van der Waals surface area contributed by atoms with E-state index >= 15 is 0 Å². The van der Waals surface area contributed by atoms with Gasteiger partial charge in [-0.05, 0) is 80.1 Å². The summed E-state index contributed by atoms with van der Waals surface area (Å²) in [6, 6.07) is 33.4. The van der Waals surface area contributed by atoms with E-state index in [-0.39, 0.29) is 0 Å². The zero-order valence-corrected chi connectivity index (χ0v) is 30.4. The number of hydrogen-bond acceptors (Lipinski definition) is 3. The molecule has 4 aromatic carbocycles. The fourth-order valence-corrected chi connectivity index (χ4v) is 6.58. The third-order valence-electron chi connectivity index (χ3n) is 9.31. The van der Waals surface area contributed by atoms with E-state index in [1.165, 1.54) is 0 Å². The number of fused-ring (bicyclic) bond motifs is 4. The summed E-state index contributed by atoms with van der Waals surface area (Å²) in [6.07, 6.45) is 22.6. The highest BCUT2D eigenvalue weighted by Gasteiger charge is 2.24. The molecular weight excluding hydrogens is 633 g/mol. The summed E-state index contributed by atoms with van der Waals surface area (Å²) in [7, 11) is 0. The van der Waals surface area contributed by atoms with Gasteiger partial charge in [0.15, 0.2) is 12.4 Å².